The number of fused-ring (bicyclic) bond motifs is 1. The van der Waals surface area contributed by atoms with E-state index in [0.29, 0.717) is 32.8 Å². The summed E-state index contributed by atoms with van der Waals surface area (Å²) in [4.78, 5) is 10.8. The van der Waals surface area contributed by atoms with Gasteiger partial charge in [-0.05, 0) is 18.2 Å². The smallest absolute Gasteiger partial charge is 0.270 e. The third-order valence-electron chi connectivity index (χ3n) is 3.94. The second-order valence-electron chi connectivity index (χ2n) is 5.71. The molecule has 2 heterocycles. The first-order valence-electron chi connectivity index (χ1n) is 7.91. The SMILES string of the molecule is O=[N+]([O-])c1cc2c(c(CSc3nncn3-c3cccc(Cl)c3)c1)OCOC2. The third-order valence-corrected chi connectivity index (χ3v) is 5.17. The van der Waals surface area contributed by atoms with E-state index in [0.717, 1.165) is 5.69 Å². The second kappa shape index (κ2) is 7.55. The fraction of sp³-hybridized carbons (Fsp3) is 0.176. The van der Waals surface area contributed by atoms with Gasteiger partial charge in [-0.3, -0.25) is 14.7 Å². The van der Waals surface area contributed by atoms with Gasteiger partial charge in [0.2, 0.25) is 0 Å². The Morgan fingerprint density at radius 3 is 3.04 bits per heavy atom. The summed E-state index contributed by atoms with van der Waals surface area (Å²) >= 11 is 7.46. The molecule has 138 valence electrons. The zero-order chi connectivity index (χ0) is 18.8. The van der Waals surface area contributed by atoms with Crippen LogP contribution in [0.15, 0.2) is 47.9 Å². The maximum Gasteiger partial charge on any atom is 0.270 e. The van der Waals surface area contributed by atoms with Gasteiger partial charge in [0, 0.05) is 34.0 Å². The van der Waals surface area contributed by atoms with Crippen molar-refractivity contribution >= 4 is 29.1 Å². The average molecular weight is 405 g/mol. The van der Waals surface area contributed by atoms with Gasteiger partial charge in [-0.25, -0.2) is 0 Å². The standard InChI is InChI=1S/C17H13ClN4O4S/c18-13-2-1-3-14(6-13)21-9-19-20-17(21)27-8-12-5-15(22(23)24)4-11-7-25-10-26-16(11)12/h1-6,9H,7-8,10H2. The van der Waals surface area contributed by atoms with Gasteiger partial charge >= 0.3 is 0 Å². The molecule has 0 saturated carbocycles. The fourth-order valence-electron chi connectivity index (χ4n) is 2.76. The largest absolute Gasteiger partial charge is 0.467 e. The molecular weight excluding hydrogens is 392 g/mol. The first kappa shape index (κ1) is 17.8. The summed E-state index contributed by atoms with van der Waals surface area (Å²) in [5, 5.41) is 20.6. The summed E-state index contributed by atoms with van der Waals surface area (Å²) in [7, 11) is 0. The van der Waals surface area contributed by atoms with E-state index in [-0.39, 0.29) is 19.1 Å². The zero-order valence-electron chi connectivity index (χ0n) is 13.9. The molecule has 4 rings (SSSR count). The van der Waals surface area contributed by atoms with E-state index in [1.54, 1.807) is 12.4 Å². The number of nitro groups is 1. The maximum atomic E-state index is 11.2. The summed E-state index contributed by atoms with van der Waals surface area (Å²) in [6.45, 7) is 0.411. The lowest BCUT2D eigenvalue weighted by molar-refractivity contribution is -0.385. The molecule has 0 atom stereocenters. The van der Waals surface area contributed by atoms with Crippen molar-refractivity contribution in [3.05, 3.63) is 69.0 Å². The lowest BCUT2D eigenvalue weighted by Crippen LogP contribution is -2.13. The minimum absolute atomic E-state index is 0.00904. The molecule has 0 saturated heterocycles. The monoisotopic (exact) mass is 404 g/mol. The molecule has 0 bridgehead atoms. The number of thioether (sulfide) groups is 1. The maximum absolute atomic E-state index is 11.2. The Balaban J connectivity index is 1.62. The number of hydrogen-bond acceptors (Lipinski definition) is 7. The highest BCUT2D eigenvalue weighted by Gasteiger charge is 2.21. The van der Waals surface area contributed by atoms with Crippen LogP contribution in [0.25, 0.3) is 5.69 Å². The highest BCUT2D eigenvalue weighted by molar-refractivity contribution is 7.98. The number of ether oxygens (including phenoxy) is 2. The van der Waals surface area contributed by atoms with E-state index in [1.807, 2.05) is 22.8 Å². The van der Waals surface area contributed by atoms with Gasteiger partial charge in [-0.1, -0.05) is 29.4 Å². The molecule has 0 aliphatic carbocycles. The molecule has 27 heavy (non-hydrogen) atoms. The molecule has 3 aromatic rings. The van der Waals surface area contributed by atoms with Gasteiger partial charge in [-0.15, -0.1) is 10.2 Å². The van der Waals surface area contributed by atoms with E-state index in [1.165, 1.54) is 23.9 Å². The predicted molar refractivity (Wildman–Crippen MR) is 99.3 cm³/mol. The Hall–Kier alpha value is -2.62. The zero-order valence-corrected chi connectivity index (χ0v) is 15.4. The number of halogens is 1. The van der Waals surface area contributed by atoms with Gasteiger partial charge in [0.1, 0.15) is 12.1 Å². The fourth-order valence-corrected chi connectivity index (χ4v) is 3.84. The van der Waals surface area contributed by atoms with Crippen LogP contribution in [0.2, 0.25) is 5.02 Å². The van der Waals surface area contributed by atoms with Crippen LogP contribution in [0, 0.1) is 10.1 Å². The van der Waals surface area contributed by atoms with Crippen molar-refractivity contribution in [1.29, 1.82) is 0 Å². The van der Waals surface area contributed by atoms with Crippen molar-refractivity contribution in [2.75, 3.05) is 6.79 Å². The van der Waals surface area contributed by atoms with Crippen LogP contribution in [0.5, 0.6) is 5.75 Å². The van der Waals surface area contributed by atoms with E-state index in [2.05, 4.69) is 10.2 Å². The molecule has 0 N–H and O–H groups in total. The number of non-ortho nitro benzene ring substituents is 1. The molecule has 10 heteroatoms. The van der Waals surface area contributed by atoms with Crippen molar-refractivity contribution in [3.8, 4) is 11.4 Å². The summed E-state index contributed by atoms with van der Waals surface area (Å²) < 4.78 is 12.6. The summed E-state index contributed by atoms with van der Waals surface area (Å²) in [6, 6.07) is 10.3. The average Bonchev–Trinajstić information content (AvgIpc) is 3.14. The van der Waals surface area contributed by atoms with Gasteiger partial charge < -0.3 is 9.47 Å². The Kier molecular flexibility index (Phi) is 4.97. The van der Waals surface area contributed by atoms with Crippen LogP contribution < -0.4 is 4.74 Å². The van der Waals surface area contributed by atoms with Crippen molar-refractivity contribution in [2.45, 2.75) is 17.5 Å². The Bertz CT molecular complexity index is 1010. The minimum atomic E-state index is -0.419. The van der Waals surface area contributed by atoms with Crippen molar-refractivity contribution in [3.63, 3.8) is 0 Å². The number of rotatable bonds is 5. The summed E-state index contributed by atoms with van der Waals surface area (Å²) in [5.74, 6) is 1.07. The number of hydrogen-bond donors (Lipinski definition) is 0. The summed E-state index contributed by atoms with van der Waals surface area (Å²) in [5.41, 5.74) is 2.23. The first-order chi connectivity index (χ1) is 13.1. The molecule has 1 aliphatic rings. The normalized spacial score (nSPS) is 13.1. The Labute approximate surface area is 163 Å². The number of aromatic nitrogens is 3. The lowest BCUT2D eigenvalue weighted by Gasteiger charge is -2.20. The van der Waals surface area contributed by atoms with Crippen LogP contribution >= 0.6 is 23.4 Å². The number of nitro benzene ring substituents is 1. The van der Waals surface area contributed by atoms with Crippen LogP contribution in [0.4, 0.5) is 5.69 Å². The van der Waals surface area contributed by atoms with Crippen molar-refractivity contribution < 1.29 is 14.4 Å². The molecule has 0 radical (unpaired) electrons. The van der Waals surface area contributed by atoms with Crippen LogP contribution in [0.1, 0.15) is 11.1 Å². The van der Waals surface area contributed by atoms with Gasteiger partial charge in [0.05, 0.1) is 17.2 Å². The minimum Gasteiger partial charge on any atom is -0.467 e. The first-order valence-corrected chi connectivity index (χ1v) is 9.27. The molecule has 0 amide bonds. The van der Waals surface area contributed by atoms with Gasteiger partial charge in [-0.2, -0.15) is 0 Å². The summed E-state index contributed by atoms with van der Waals surface area (Å²) in [6.07, 6.45) is 1.60. The lowest BCUT2D eigenvalue weighted by atomic mass is 10.1. The molecule has 1 aliphatic heterocycles. The Morgan fingerprint density at radius 2 is 2.22 bits per heavy atom. The quantitative estimate of drug-likeness (QED) is 0.360. The number of benzene rings is 2. The molecule has 2 aromatic carbocycles. The Morgan fingerprint density at radius 1 is 1.33 bits per heavy atom. The van der Waals surface area contributed by atoms with Crippen LogP contribution in [-0.2, 0) is 17.1 Å². The van der Waals surface area contributed by atoms with E-state index in [4.69, 9.17) is 21.1 Å². The molecule has 1 aromatic heterocycles. The van der Waals surface area contributed by atoms with Gasteiger partial charge in [0.15, 0.2) is 11.9 Å². The highest BCUT2D eigenvalue weighted by atomic mass is 35.5. The van der Waals surface area contributed by atoms with Gasteiger partial charge in [0.25, 0.3) is 5.69 Å². The van der Waals surface area contributed by atoms with Crippen molar-refractivity contribution in [2.24, 2.45) is 0 Å². The van der Waals surface area contributed by atoms with Crippen molar-refractivity contribution in [1.82, 2.24) is 14.8 Å². The second-order valence-corrected chi connectivity index (χ2v) is 7.09. The third kappa shape index (κ3) is 3.75. The molecule has 0 unspecified atom stereocenters. The van der Waals surface area contributed by atoms with E-state index >= 15 is 0 Å². The van der Waals surface area contributed by atoms with E-state index in [9.17, 15) is 10.1 Å². The topological polar surface area (TPSA) is 92.3 Å². The molecular formula is C17H13ClN4O4S. The molecule has 0 spiro atoms. The van der Waals surface area contributed by atoms with Crippen LogP contribution in [-0.4, -0.2) is 26.5 Å². The van der Waals surface area contributed by atoms with Crippen LogP contribution in [0.3, 0.4) is 0 Å². The molecule has 8 nitrogen and oxygen atoms in total. The number of nitrogens with zero attached hydrogens (tertiary/aromatic N) is 4. The molecule has 0 fully saturated rings. The van der Waals surface area contributed by atoms with E-state index < -0.39 is 4.92 Å². The highest BCUT2D eigenvalue weighted by Crippen LogP contribution is 2.36. The predicted octanol–water partition coefficient (Wildman–Crippen LogP) is 3.99.